The molecular weight excluding hydrogens is 374 g/mol. The molecule has 1 saturated heterocycles. The highest BCUT2D eigenvalue weighted by atomic mass is 19.1. The van der Waals surface area contributed by atoms with Gasteiger partial charge in [0.15, 0.2) is 0 Å². The number of rotatable bonds is 4. The minimum atomic E-state index is -0.301. The van der Waals surface area contributed by atoms with Crippen molar-refractivity contribution in [3.05, 3.63) is 84.2 Å². The van der Waals surface area contributed by atoms with Crippen molar-refractivity contribution in [2.24, 2.45) is 0 Å². The fourth-order valence-corrected chi connectivity index (χ4v) is 3.31. The van der Waals surface area contributed by atoms with Gasteiger partial charge in [-0.25, -0.2) is 13.8 Å². The zero-order valence-corrected chi connectivity index (χ0v) is 15.7. The Hall–Kier alpha value is -3.48. The van der Waals surface area contributed by atoms with E-state index in [2.05, 4.69) is 10.3 Å². The van der Waals surface area contributed by atoms with Gasteiger partial charge in [0, 0.05) is 31.9 Å². The van der Waals surface area contributed by atoms with Gasteiger partial charge in [0.05, 0.1) is 17.6 Å². The average molecular weight is 394 g/mol. The summed E-state index contributed by atoms with van der Waals surface area (Å²) in [7, 11) is 0. The van der Waals surface area contributed by atoms with Gasteiger partial charge in [-0.1, -0.05) is 12.1 Å². The molecule has 5 nitrogen and oxygen atoms in total. The second-order valence-corrected chi connectivity index (χ2v) is 6.79. The largest absolute Gasteiger partial charge is 0.366 e. The third-order valence-electron chi connectivity index (χ3n) is 4.88. The maximum absolute atomic E-state index is 14.0. The zero-order valence-electron chi connectivity index (χ0n) is 15.7. The van der Waals surface area contributed by atoms with Crippen LogP contribution < -0.4 is 10.2 Å². The van der Waals surface area contributed by atoms with Gasteiger partial charge in [0.2, 0.25) is 0 Å². The van der Waals surface area contributed by atoms with Crippen molar-refractivity contribution in [1.29, 1.82) is 0 Å². The monoisotopic (exact) mass is 394 g/mol. The summed E-state index contributed by atoms with van der Waals surface area (Å²) >= 11 is 0. The Balaban J connectivity index is 1.36. The van der Waals surface area contributed by atoms with E-state index < -0.39 is 0 Å². The molecule has 0 atom stereocenters. The fraction of sp³-hybridized carbons (Fsp3) is 0.182. The topological polar surface area (TPSA) is 48.5 Å². The second kappa shape index (κ2) is 8.26. The molecule has 0 saturated carbocycles. The van der Waals surface area contributed by atoms with Crippen molar-refractivity contribution < 1.29 is 13.6 Å². The van der Waals surface area contributed by atoms with E-state index in [9.17, 15) is 13.6 Å². The van der Waals surface area contributed by atoms with Gasteiger partial charge in [0.1, 0.15) is 17.3 Å². The molecule has 1 N–H and O–H groups in total. The van der Waals surface area contributed by atoms with E-state index in [0.717, 1.165) is 5.69 Å². The van der Waals surface area contributed by atoms with Crippen LogP contribution in [0.15, 0.2) is 66.9 Å². The molecule has 0 aliphatic carbocycles. The van der Waals surface area contributed by atoms with Crippen LogP contribution in [0, 0.1) is 11.6 Å². The molecule has 29 heavy (non-hydrogen) atoms. The van der Waals surface area contributed by atoms with E-state index in [4.69, 9.17) is 0 Å². The number of pyridine rings is 1. The summed E-state index contributed by atoms with van der Waals surface area (Å²) in [5, 5.41) is 3.11. The van der Waals surface area contributed by atoms with Crippen LogP contribution in [0.25, 0.3) is 0 Å². The standard InChI is InChI=1S/C22H20F2N4O/c23-16-5-7-17(8-6-16)26-18-9-10-20(25-15-18)22(29)28-13-11-27(12-14-28)21-4-2-1-3-19(21)24/h1-10,15,26H,11-14H2. The number of para-hydroxylation sites is 1. The third-order valence-corrected chi connectivity index (χ3v) is 4.88. The lowest BCUT2D eigenvalue weighted by molar-refractivity contribution is 0.0741. The van der Waals surface area contributed by atoms with Crippen molar-refractivity contribution in [2.75, 3.05) is 36.4 Å². The lowest BCUT2D eigenvalue weighted by Gasteiger charge is -2.36. The van der Waals surface area contributed by atoms with Crippen LogP contribution in [0.5, 0.6) is 0 Å². The summed E-state index contributed by atoms with van der Waals surface area (Å²) < 4.78 is 26.9. The number of carbonyl (C=O) groups is 1. The highest BCUT2D eigenvalue weighted by Gasteiger charge is 2.24. The SMILES string of the molecule is O=C(c1ccc(Nc2ccc(F)cc2)cn1)N1CCN(c2ccccc2F)CC1. The van der Waals surface area contributed by atoms with Gasteiger partial charge < -0.3 is 15.1 Å². The molecule has 7 heteroatoms. The lowest BCUT2D eigenvalue weighted by Crippen LogP contribution is -2.49. The van der Waals surface area contributed by atoms with Gasteiger partial charge >= 0.3 is 0 Å². The molecule has 2 heterocycles. The molecule has 1 aliphatic heterocycles. The van der Waals surface area contributed by atoms with Crippen LogP contribution in [-0.4, -0.2) is 42.0 Å². The number of aromatic nitrogens is 1. The summed E-state index contributed by atoms with van der Waals surface area (Å²) in [4.78, 5) is 20.7. The van der Waals surface area contributed by atoms with E-state index in [1.807, 2.05) is 4.90 Å². The highest BCUT2D eigenvalue weighted by Crippen LogP contribution is 2.21. The Morgan fingerprint density at radius 2 is 1.55 bits per heavy atom. The zero-order chi connectivity index (χ0) is 20.2. The number of carbonyl (C=O) groups excluding carboxylic acids is 1. The molecule has 2 aromatic carbocycles. The van der Waals surface area contributed by atoms with E-state index in [1.54, 1.807) is 53.6 Å². The molecule has 1 aliphatic rings. The van der Waals surface area contributed by atoms with Gasteiger partial charge in [-0.3, -0.25) is 4.79 Å². The molecule has 3 aromatic rings. The normalized spacial score (nSPS) is 14.0. The Morgan fingerprint density at radius 1 is 0.862 bits per heavy atom. The molecule has 0 spiro atoms. The fourth-order valence-electron chi connectivity index (χ4n) is 3.31. The first-order valence-electron chi connectivity index (χ1n) is 9.37. The summed E-state index contributed by atoms with van der Waals surface area (Å²) in [6, 6.07) is 16.1. The Labute approximate surface area is 167 Å². The Kier molecular flexibility index (Phi) is 5.37. The van der Waals surface area contributed by atoms with Crippen LogP contribution in [-0.2, 0) is 0 Å². The van der Waals surface area contributed by atoms with Crippen LogP contribution in [0.1, 0.15) is 10.5 Å². The molecule has 0 bridgehead atoms. The van der Waals surface area contributed by atoms with Crippen LogP contribution >= 0.6 is 0 Å². The minimum absolute atomic E-state index is 0.147. The Morgan fingerprint density at radius 3 is 2.21 bits per heavy atom. The number of hydrogen-bond acceptors (Lipinski definition) is 4. The number of amides is 1. The number of nitrogens with one attached hydrogen (secondary N) is 1. The smallest absolute Gasteiger partial charge is 0.272 e. The van der Waals surface area contributed by atoms with Gasteiger partial charge in [-0.2, -0.15) is 0 Å². The van der Waals surface area contributed by atoms with E-state index in [0.29, 0.717) is 43.2 Å². The van der Waals surface area contributed by atoms with E-state index >= 15 is 0 Å². The first kappa shape index (κ1) is 18.9. The summed E-state index contributed by atoms with van der Waals surface area (Å²) in [5.74, 6) is -0.700. The number of nitrogens with zero attached hydrogens (tertiary/aromatic N) is 3. The van der Waals surface area contributed by atoms with Crippen molar-refractivity contribution >= 4 is 23.0 Å². The molecule has 1 fully saturated rings. The number of hydrogen-bond donors (Lipinski definition) is 1. The highest BCUT2D eigenvalue weighted by molar-refractivity contribution is 5.92. The maximum Gasteiger partial charge on any atom is 0.272 e. The molecule has 0 unspecified atom stereocenters. The quantitative estimate of drug-likeness (QED) is 0.725. The molecule has 4 rings (SSSR count). The number of anilines is 3. The van der Waals surface area contributed by atoms with Crippen molar-refractivity contribution in [3.8, 4) is 0 Å². The molecule has 1 aromatic heterocycles. The summed E-state index contributed by atoms with van der Waals surface area (Å²) in [5.41, 5.74) is 2.36. The number of piperazine rings is 1. The van der Waals surface area contributed by atoms with E-state index in [-0.39, 0.29) is 17.5 Å². The Bertz CT molecular complexity index is 984. The van der Waals surface area contributed by atoms with Crippen molar-refractivity contribution in [2.45, 2.75) is 0 Å². The van der Waals surface area contributed by atoms with Crippen molar-refractivity contribution in [1.82, 2.24) is 9.88 Å². The van der Waals surface area contributed by atoms with Crippen LogP contribution in [0.2, 0.25) is 0 Å². The molecule has 1 amide bonds. The first-order valence-corrected chi connectivity index (χ1v) is 9.37. The second-order valence-electron chi connectivity index (χ2n) is 6.79. The minimum Gasteiger partial charge on any atom is -0.366 e. The average Bonchev–Trinajstić information content (AvgIpc) is 2.76. The maximum atomic E-state index is 14.0. The third kappa shape index (κ3) is 4.34. The van der Waals surface area contributed by atoms with Crippen LogP contribution in [0.3, 0.4) is 0 Å². The first-order chi connectivity index (χ1) is 14.1. The van der Waals surface area contributed by atoms with Gasteiger partial charge in [-0.05, 0) is 48.5 Å². The van der Waals surface area contributed by atoms with Gasteiger partial charge in [0.25, 0.3) is 5.91 Å². The predicted octanol–water partition coefficient (Wildman–Crippen LogP) is 4.07. The number of halogens is 2. The van der Waals surface area contributed by atoms with Crippen molar-refractivity contribution in [3.63, 3.8) is 0 Å². The van der Waals surface area contributed by atoms with Crippen LogP contribution in [0.4, 0.5) is 25.8 Å². The van der Waals surface area contributed by atoms with Gasteiger partial charge in [-0.15, -0.1) is 0 Å². The molecule has 0 radical (unpaired) electrons. The number of benzene rings is 2. The molecular formula is C22H20F2N4O. The summed E-state index contributed by atoms with van der Waals surface area (Å²) in [6.07, 6.45) is 1.58. The predicted molar refractivity (Wildman–Crippen MR) is 108 cm³/mol. The van der Waals surface area contributed by atoms with E-state index in [1.165, 1.54) is 18.2 Å². The lowest BCUT2D eigenvalue weighted by atomic mass is 10.2. The molecule has 148 valence electrons. The summed E-state index contributed by atoms with van der Waals surface area (Å²) in [6.45, 7) is 2.14.